The molecule has 0 atom stereocenters. The van der Waals surface area contributed by atoms with Crippen LogP contribution < -0.4 is 5.32 Å². The summed E-state index contributed by atoms with van der Waals surface area (Å²) in [5.41, 5.74) is 4.53. The van der Waals surface area contributed by atoms with E-state index in [1.165, 1.54) is 0 Å². The molecule has 0 bridgehead atoms. The maximum absolute atomic E-state index is 12.5. The van der Waals surface area contributed by atoms with E-state index in [1.54, 1.807) is 18.2 Å². The first kappa shape index (κ1) is 15.0. The third kappa shape index (κ3) is 3.01. The number of hydrogen-bond acceptors (Lipinski definition) is 3. The SMILES string of the molecule is Cc1ccc(O)c(NC(=O)c2cc3ccc(C)cc3nc2C)c1. The topological polar surface area (TPSA) is 62.2 Å². The molecular weight excluding hydrogens is 288 g/mol. The number of nitrogens with zero attached hydrogens (tertiary/aromatic N) is 1. The highest BCUT2D eigenvalue weighted by Crippen LogP contribution is 2.25. The lowest BCUT2D eigenvalue weighted by atomic mass is 10.1. The molecule has 0 aliphatic heterocycles. The molecule has 2 N–H and O–H groups in total. The lowest BCUT2D eigenvalue weighted by Gasteiger charge is -2.11. The number of pyridine rings is 1. The van der Waals surface area contributed by atoms with E-state index in [4.69, 9.17) is 0 Å². The van der Waals surface area contributed by atoms with E-state index >= 15 is 0 Å². The average molecular weight is 306 g/mol. The molecular formula is C19H18N2O2. The Kier molecular flexibility index (Phi) is 3.74. The third-order valence-corrected chi connectivity index (χ3v) is 3.81. The molecule has 4 nitrogen and oxygen atoms in total. The maximum Gasteiger partial charge on any atom is 0.257 e. The minimum Gasteiger partial charge on any atom is -0.506 e. The zero-order chi connectivity index (χ0) is 16.6. The first-order valence-corrected chi connectivity index (χ1v) is 7.43. The zero-order valence-electron chi connectivity index (χ0n) is 13.3. The molecule has 0 radical (unpaired) electrons. The van der Waals surface area contributed by atoms with Gasteiger partial charge in [0.15, 0.2) is 0 Å². The van der Waals surface area contributed by atoms with Gasteiger partial charge < -0.3 is 10.4 Å². The molecule has 1 heterocycles. The molecule has 4 heteroatoms. The van der Waals surface area contributed by atoms with Crippen LogP contribution in [-0.2, 0) is 0 Å². The fourth-order valence-electron chi connectivity index (χ4n) is 2.54. The minimum atomic E-state index is -0.279. The number of nitrogens with one attached hydrogen (secondary N) is 1. The van der Waals surface area contributed by atoms with Crippen molar-refractivity contribution < 1.29 is 9.90 Å². The summed E-state index contributed by atoms with van der Waals surface area (Å²) in [6.07, 6.45) is 0. The quantitative estimate of drug-likeness (QED) is 0.700. The minimum absolute atomic E-state index is 0.0472. The highest BCUT2D eigenvalue weighted by Gasteiger charge is 2.14. The van der Waals surface area contributed by atoms with Gasteiger partial charge in [0.1, 0.15) is 5.75 Å². The number of hydrogen-bond donors (Lipinski definition) is 2. The van der Waals surface area contributed by atoms with Gasteiger partial charge in [0.2, 0.25) is 0 Å². The Morgan fingerprint density at radius 2 is 1.70 bits per heavy atom. The smallest absolute Gasteiger partial charge is 0.257 e. The van der Waals surface area contributed by atoms with E-state index in [1.807, 2.05) is 45.0 Å². The van der Waals surface area contributed by atoms with Crippen LogP contribution in [0.1, 0.15) is 27.2 Å². The van der Waals surface area contributed by atoms with Crippen molar-refractivity contribution in [1.82, 2.24) is 4.98 Å². The summed E-state index contributed by atoms with van der Waals surface area (Å²) in [5, 5.41) is 13.5. The van der Waals surface area contributed by atoms with E-state index in [-0.39, 0.29) is 11.7 Å². The number of fused-ring (bicyclic) bond motifs is 1. The number of amides is 1. The van der Waals surface area contributed by atoms with Crippen molar-refractivity contribution >= 4 is 22.5 Å². The summed E-state index contributed by atoms with van der Waals surface area (Å²) in [6.45, 7) is 5.73. The van der Waals surface area contributed by atoms with Crippen molar-refractivity contribution in [3.63, 3.8) is 0 Å². The Balaban J connectivity index is 1.99. The molecule has 23 heavy (non-hydrogen) atoms. The van der Waals surface area contributed by atoms with Crippen LogP contribution in [0.3, 0.4) is 0 Å². The third-order valence-electron chi connectivity index (χ3n) is 3.81. The second-order valence-corrected chi connectivity index (χ2v) is 5.79. The summed E-state index contributed by atoms with van der Waals surface area (Å²) < 4.78 is 0. The van der Waals surface area contributed by atoms with Crippen molar-refractivity contribution in [2.24, 2.45) is 0 Å². The van der Waals surface area contributed by atoms with Gasteiger partial charge in [-0.05, 0) is 56.2 Å². The molecule has 0 aliphatic carbocycles. The molecule has 0 saturated heterocycles. The van der Waals surface area contributed by atoms with Crippen molar-refractivity contribution in [1.29, 1.82) is 0 Å². The monoisotopic (exact) mass is 306 g/mol. The normalized spacial score (nSPS) is 10.7. The van der Waals surface area contributed by atoms with Gasteiger partial charge in [0.05, 0.1) is 22.5 Å². The van der Waals surface area contributed by atoms with Gasteiger partial charge in [0, 0.05) is 5.39 Å². The van der Waals surface area contributed by atoms with Crippen LogP contribution in [0.2, 0.25) is 0 Å². The number of aromatic hydroxyl groups is 1. The molecule has 0 unspecified atom stereocenters. The molecule has 3 aromatic rings. The molecule has 0 fully saturated rings. The van der Waals surface area contributed by atoms with Crippen molar-refractivity contribution in [3.05, 3.63) is 64.8 Å². The van der Waals surface area contributed by atoms with Crippen LogP contribution in [0.4, 0.5) is 5.69 Å². The van der Waals surface area contributed by atoms with Crippen LogP contribution in [0.15, 0.2) is 42.5 Å². The Bertz CT molecular complexity index is 917. The fraction of sp³-hybridized carbons (Fsp3) is 0.158. The highest BCUT2D eigenvalue weighted by atomic mass is 16.3. The number of benzene rings is 2. The van der Waals surface area contributed by atoms with Crippen molar-refractivity contribution in [2.75, 3.05) is 5.32 Å². The molecule has 2 aromatic carbocycles. The Labute approximate surface area is 134 Å². The second-order valence-electron chi connectivity index (χ2n) is 5.79. The van der Waals surface area contributed by atoms with Gasteiger partial charge in [-0.1, -0.05) is 18.2 Å². The van der Waals surface area contributed by atoms with Crippen LogP contribution in [0, 0.1) is 20.8 Å². The van der Waals surface area contributed by atoms with Gasteiger partial charge >= 0.3 is 0 Å². The number of rotatable bonds is 2. The molecule has 1 amide bonds. The van der Waals surface area contributed by atoms with Crippen molar-refractivity contribution in [2.45, 2.75) is 20.8 Å². The number of carbonyl (C=O) groups is 1. The number of anilines is 1. The van der Waals surface area contributed by atoms with Crippen molar-refractivity contribution in [3.8, 4) is 5.75 Å². The number of phenols is 1. The first-order valence-electron chi connectivity index (χ1n) is 7.43. The Morgan fingerprint density at radius 1 is 1.00 bits per heavy atom. The lowest BCUT2D eigenvalue weighted by molar-refractivity contribution is 0.102. The molecule has 0 aliphatic rings. The maximum atomic E-state index is 12.5. The standard InChI is InChI=1S/C19H18N2O2/c1-11-4-6-14-10-15(13(3)20-16(14)8-11)19(23)21-17-9-12(2)5-7-18(17)22/h4-10,22H,1-3H3,(H,21,23). The summed E-state index contributed by atoms with van der Waals surface area (Å²) in [5.74, 6) is -0.232. The molecule has 3 rings (SSSR count). The predicted molar refractivity (Wildman–Crippen MR) is 92.0 cm³/mol. The van der Waals surface area contributed by atoms with Gasteiger partial charge in [-0.2, -0.15) is 0 Å². The number of aryl methyl sites for hydroxylation is 3. The summed E-state index contributed by atoms with van der Waals surface area (Å²) in [4.78, 5) is 17.1. The Hall–Kier alpha value is -2.88. The van der Waals surface area contributed by atoms with E-state index < -0.39 is 0 Å². The van der Waals surface area contributed by atoms with Crippen LogP contribution in [-0.4, -0.2) is 16.0 Å². The highest BCUT2D eigenvalue weighted by molar-refractivity contribution is 6.07. The molecule has 1 aromatic heterocycles. The molecule has 116 valence electrons. The largest absolute Gasteiger partial charge is 0.506 e. The molecule has 0 saturated carbocycles. The van der Waals surface area contributed by atoms with Gasteiger partial charge in [-0.15, -0.1) is 0 Å². The van der Waals surface area contributed by atoms with E-state index in [0.29, 0.717) is 16.9 Å². The van der Waals surface area contributed by atoms with E-state index in [9.17, 15) is 9.90 Å². The molecule has 0 spiro atoms. The number of phenolic OH excluding ortho intramolecular Hbond substituents is 1. The second kappa shape index (κ2) is 5.72. The summed E-state index contributed by atoms with van der Waals surface area (Å²) in [7, 11) is 0. The number of carbonyl (C=O) groups excluding carboxylic acids is 1. The predicted octanol–water partition coefficient (Wildman–Crippen LogP) is 4.12. The first-order chi connectivity index (χ1) is 10.9. The van der Waals surface area contributed by atoms with Crippen LogP contribution in [0.25, 0.3) is 10.9 Å². The van der Waals surface area contributed by atoms with E-state index in [2.05, 4.69) is 10.3 Å². The van der Waals surface area contributed by atoms with Gasteiger partial charge in [-0.25, -0.2) is 0 Å². The average Bonchev–Trinajstić information content (AvgIpc) is 2.50. The van der Waals surface area contributed by atoms with Gasteiger partial charge in [-0.3, -0.25) is 9.78 Å². The van der Waals surface area contributed by atoms with E-state index in [0.717, 1.165) is 22.0 Å². The summed E-state index contributed by atoms with van der Waals surface area (Å²) >= 11 is 0. The van der Waals surface area contributed by atoms with Crippen LogP contribution >= 0.6 is 0 Å². The van der Waals surface area contributed by atoms with Gasteiger partial charge in [0.25, 0.3) is 5.91 Å². The zero-order valence-corrected chi connectivity index (χ0v) is 13.3. The fourth-order valence-corrected chi connectivity index (χ4v) is 2.54. The lowest BCUT2D eigenvalue weighted by Crippen LogP contribution is -2.14. The Morgan fingerprint density at radius 3 is 2.48 bits per heavy atom. The number of aromatic nitrogens is 1. The summed E-state index contributed by atoms with van der Waals surface area (Å²) in [6, 6.07) is 12.9. The van der Waals surface area contributed by atoms with Crippen LogP contribution in [0.5, 0.6) is 5.75 Å².